The Balaban J connectivity index is 1.23. The van der Waals surface area contributed by atoms with Crippen molar-refractivity contribution in [3.05, 3.63) is 90.0 Å². The molecule has 0 aromatic heterocycles. The number of methoxy groups -OCH3 is 1. The maximum atomic E-state index is 12.6. The van der Waals surface area contributed by atoms with E-state index in [0.717, 1.165) is 17.0 Å². The summed E-state index contributed by atoms with van der Waals surface area (Å²) < 4.78 is 16.3. The third kappa shape index (κ3) is 6.07. The molecule has 34 heavy (non-hydrogen) atoms. The molecule has 0 atom stereocenters. The second-order valence-electron chi connectivity index (χ2n) is 7.94. The van der Waals surface area contributed by atoms with Crippen molar-refractivity contribution in [3.63, 3.8) is 0 Å². The summed E-state index contributed by atoms with van der Waals surface area (Å²) in [6, 6.07) is 24.4. The van der Waals surface area contributed by atoms with Gasteiger partial charge >= 0.3 is 5.97 Å². The van der Waals surface area contributed by atoms with Crippen LogP contribution in [-0.2, 0) is 16.1 Å². The lowest BCUT2D eigenvalue weighted by Gasteiger charge is -2.36. The molecule has 1 aliphatic rings. The van der Waals surface area contributed by atoms with Crippen molar-refractivity contribution in [2.75, 3.05) is 44.8 Å². The van der Waals surface area contributed by atoms with E-state index < -0.39 is 5.97 Å². The molecule has 1 saturated heterocycles. The predicted molar refractivity (Wildman–Crippen MR) is 129 cm³/mol. The van der Waals surface area contributed by atoms with Gasteiger partial charge in [-0.25, -0.2) is 4.79 Å². The number of piperazine rings is 1. The Kier molecular flexibility index (Phi) is 7.65. The highest BCUT2D eigenvalue weighted by Crippen LogP contribution is 2.21. The zero-order chi connectivity index (χ0) is 23.8. The average molecular weight is 461 g/mol. The summed E-state index contributed by atoms with van der Waals surface area (Å²) in [6.45, 7) is 2.70. The molecule has 0 radical (unpaired) electrons. The van der Waals surface area contributed by atoms with Crippen molar-refractivity contribution in [1.29, 1.82) is 0 Å². The van der Waals surface area contributed by atoms with E-state index in [1.54, 1.807) is 36.3 Å². The quantitative estimate of drug-likeness (QED) is 0.477. The van der Waals surface area contributed by atoms with Crippen LogP contribution in [-0.4, -0.2) is 56.7 Å². The molecule has 0 spiro atoms. The van der Waals surface area contributed by atoms with Gasteiger partial charge in [-0.2, -0.15) is 0 Å². The summed E-state index contributed by atoms with van der Waals surface area (Å²) in [5.41, 5.74) is 2.48. The fourth-order valence-corrected chi connectivity index (χ4v) is 3.76. The highest BCUT2D eigenvalue weighted by molar-refractivity contribution is 5.91. The molecule has 0 unspecified atom stereocenters. The Morgan fingerprint density at radius 2 is 1.56 bits per heavy atom. The maximum Gasteiger partial charge on any atom is 0.338 e. The van der Waals surface area contributed by atoms with E-state index in [4.69, 9.17) is 14.2 Å². The Bertz CT molecular complexity index is 1090. The van der Waals surface area contributed by atoms with E-state index >= 15 is 0 Å². The summed E-state index contributed by atoms with van der Waals surface area (Å²) in [5.74, 6) is 0.640. The largest absolute Gasteiger partial charge is 0.497 e. The number of hydrogen-bond acceptors (Lipinski definition) is 6. The van der Waals surface area contributed by atoms with Gasteiger partial charge in [-0.05, 0) is 48.0 Å². The number of rotatable bonds is 8. The number of anilines is 1. The van der Waals surface area contributed by atoms with Crippen molar-refractivity contribution in [2.24, 2.45) is 0 Å². The monoisotopic (exact) mass is 460 g/mol. The van der Waals surface area contributed by atoms with Gasteiger partial charge in [0.15, 0.2) is 6.61 Å². The number of esters is 1. The minimum Gasteiger partial charge on any atom is -0.497 e. The van der Waals surface area contributed by atoms with Crippen LogP contribution in [0.2, 0.25) is 0 Å². The van der Waals surface area contributed by atoms with Gasteiger partial charge in [0.1, 0.15) is 18.1 Å². The van der Waals surface area contributed by atoms with E-state index in [0.29, 0.717) is 44.1 Å². The summed E-state index contributed by atoms with van der Waals surface area (Å²) in [5, 5.41) is 0. The number of ether oxygens (including phenoxy) is 3. The molecule has 3 aromatic carbocycles. The lowest BCUT2D eigenvalue weighted by atomic mass is 10.2. The van der Waals surface area contributed by atoms with E-state index in [9.17, 15) is 9.59 Å². The molecule has 1 amide bonds. The number of carbonyl (C=O) groups is 2. The maximum absolute atomic E-state index is 12.6. The topological polar surface area (TPSA) is 68.3 Å². The smallest absolute Gasteiger partial charge is 0.338 e. The van der Waals surface area contributed by atoms with Gasteiger partial charge in [-0.15, -0.1) is 0 Å². The highest BCUT2D eigenvalue weighted by atomic mass is 16.5. The highest BCUT2D eigenvalue weighted by Gasteiger charge is 2.22. The Labute approximate surface area is 199 Å². The molecule has 1 fully saturated rings. The van der Waals surface area contributed by atoms with Crippen LogP contribution in [0.1, 0.15) is 15.9 Å². The number of nitrogens with zero attached hydrogens (tertiary/aromatic N) is 2. The van der Waals surface area contributed by atoms with Gasteiger partial charge in [-0.1, -0.05) is 36.4 Å². The number of benzene rings is 3. The minimum absolute atomic E-state index is 0.195. The average Bonchev–Trinajstić information content (AvgIpc) is 2.91. The standard InChI is InChI=1S/C27H28N2O5/c1-32-24-12-10-23(11-13-24)28-14-16-29(17-15-28)26(30)20-34-27(31)22-8-5-9-25(18-22)33-19-21-6-3-2-4-7-21/h2-13,18H,14-17,19-20H2,1H3. The third-order valence-electron chi connectivity index (χ3n) is 5.71. The molecule has 0 bridgehead atoms. The van der Waals surface area contributed by atoms with Gasteiger partial charge < -0.3 is 24.0 Å². The second kappa shape index (κ2) is 11.2. The molecule has 0 aliphatic carbocycles. The van der Waals surface area contributed by atoms with E-state index in [1.165, 1.54) is 0 Å². The van der Waals surface area contributed by atoms with Crippen LogP contribution >= 0.6 is 0 Å². The molecular formula is C27H28N2O5. The molecule has 1 aliphatic heterocycles. The van der Waals surface area contributed by atoms with Crippen molar-refractivity contribution in [3.8, 4) is 11.5 Å². The number of hydrogen-bond donors (Lipinski definition) is 0. The Morgan fingerprint density at radius 1 is 0.824 bits per heavy atom. The normalized spacial score (nSPS) is 13.3. The predicted octanol–water partition coefficient (Wildman–Crippen LogP) is 3.78. The fourth-order valence-electron chi connectivity index (χ4n) is 3.76. The lowest BCUT2D eigenvalue weighted by Crippen LogP contribution is -2.49. The molecule has 4 rings (SSSR count). The molecule has 7 nitrogen and oxygen atoms in total. The molecule has 0 saturated carbocycles. The van der Waals surface area contributed by atoms with Gasteiger partial charge in [0.05, 0.1) is 12.7 Å². The zero-order valence-corrected chi connectivity index (χ0v) is 19.2. The van der Waals surface area contributed by atoms with Gasteiger partial charge in [0.25, 0.3) is 5.91 Å². The Hall–Kier alpha value is -4.00. The molecular weight excluding hydrogens is 432 g/mol. The van der Waals surface area contributed by atoms with Crippen molar-refractivity contribution in [1.82, 2.24) is 4.90 Å². The third-order valence-corrected chi connectivity index (χ3v) is 5.71. The Morgan fingerprint density at radius 3 is 2.26 bits per heavy atom. The van der Waals surface area contributed by atoms with E-state index in [-0.39, 0.29) is 12.5 Å². The molecule has 0 N–H and O–H groups in total. The lowest BCUT2D eigenvalue weighted by molar-refractivity contribution is -0.134. The summed E-state index contributed by atoms with van der Waals surface area (Å²) in [6.07, 6.45) is 0. The van der Waals surface area contributed by atoms with E-state index in [2.05, 4.69) is 4.90 Å². The van der Waals surface area contributed by atoms with Crippen molar-refractivity contribution >= 4 is 17.6 Å². The summed E-state index contributed by atoms with van der Waals surface area (Å²) >= 11 is 0. The summed E-state index contributed by atoms with van der Waals surface area (Å²) in [4.78, 5) is 29.0. The molecule has 3 aromatic rings. The van der Waals surface area contributed by atoms with Crippen LogP contribution in [0, 0.1) is 0 Å². The van der Waals surface area contributed by atoms with Gasteiger partial charge in [-0.3, -0.25) is 4.79 Å². The number of carbonyl (C=O) groups excluding carboxylic acids is 2. The van der Waals surface area contributed by atoms with Crippen LogP contribution in [0.15, 0.2) is 78.9 Å². The first-order valence-corrected chi connectivity index (χ1v) is 11.2. The van der Waals surface area contributed by atoms with Crippen LogP contribution < -0.4 is 14.4 Å². The SMILES string of the molecule is COc1ccc(N2CCN(C(=O)COC(=O)c3cccc(OCc4ccccc4)c3)CC2)cc1. The van der Waals surface area contributed by atoms with Gasteiger partial charge in [0.2, 0.25) is 0 Å². The zero-order valence-electron chi connectivity index (χ0n) is 19.2. The van der Waals surface area contributed by atoms with Crippen LogP contribution in [0.5, 0.6) is 11.5 Å². The van der Waals surface area contributed by atoms with Crippen molar-refractivity contribution in [2.45, 2.75) is 6.61 Å². The summed E-state index contributed by atoms with van der Waals surface area (Å²) in [7, 11) is 1.64. The first-order valence-electron chi connectivity index (χ1n) is 11.2. The van der Waals surface area contributed by atoms with Crippen LogP contribution in [0.4, 0.5) is 5.69 Å². The van der Waals surface area contributed by atoms with Crippen molar-refractivity contribution < 1.29 is 23.8 Å². The van der Waals surface area contributed by atoms with E-state index in [1.807, 2.05) is 54.6 Å². The number of amides is 1. The molecule has 7 heteroatoms. The molecule has 176 valence electrons. The van der Waals surface area contributed by atoms with Crippen LogP contribution in [0.25, 0.3) is 0 Å². The second-order valence-corrected chi connectivity index (χ2v) is 7.94. The van der Waals surface area contributed by atoms with Crippen LogP contribution in [0.3, 0.4) is 0 Å². The first kappa shape index (κ1) is 23.2. The fraction of sp³-hybridized carbons (Fsp3) is 0.259. The minimum atomic E-state index is -0.546. The van der Waals surface area contributed by atoms with Gasteiger partial charge in [0, 0.05) is 31.9 Å². The molecule has 1 heterocycles. The first-order chi connectivity index (χ1) is 16.6.